The van der Waals surface area contributed by atoms with Gasteiger partial charge in [0.25, 0.3) is 0 Å². The van der Waals surface area contributed by atoms with Gasteiger partial charge in [-0.3, -0.25) is 4.90 Å². The van der Waals surface area contributed by atoms with Crippen molar-refractivity contribution < 1.29 is 4.74 Å². The first-order chi connectivity index (χ1) is 8.83. The normalized spacial score (nSPS) is 27.5. The number of aromatic amines is 1. The van der Waals surface area contributed by atoms with Crippen molar-refractivity contribution in [1.82, 2.24) is 14.9 Å². The molecule has 1 aromatic rings. The molecule has 2 aliphatic rings. The number of ether oxygens (including phenoxy) is 1. The van der Waals surface area contributed by atoms with Crippen LogP contribution >= 0.6 is 0 Å². The van der Waals surface area contributed by atoms with Crippen LogP contribution in [0.3, 0.4) is 0 Å². The minimum absolute atomic E-state index is 0.593. The molecule has 0 aliphatic carbocycles. The van der Waals surface area contributed by atoms with Crippen molar-refractivity contribution in [3.63, 3.8) is 0 Å². The van der Waals surface area contributed by atoms with Gasteiger partial charge in [0.2, 0.25) is 0 Å². The predicted molar refractivity (Wildman–Crippen MR) is 70.7 cm³/mol. The fraction of sp³-hybridized carbons (Fsp3) is 0.786. The quantitative estimate of drug-likeness (QED) is 0.872. The molecule has 18 heavy (non-hydrogen) atoms. The molecule has 4 nitrogen and oxygen atoms in total. The molecule has 0 unspecified atom stereocenters. The lowest BCUT2D eigenvalue weighted by Gasteiger charge is -2.39. The SMILES string of the molecule is Cc1cnc([C@H]2CCCN(C3CCOCC3)C2)[nH]1. The van der Waals surface area contributed by atoms with E-state index in [1.807, 2.05) is 6.20 Å². The number of piperidine rings is 1. The average molecular weight is 249 g/mol. The molecule has 0 radical (unpaired) electrons. The van der Waals surface area contributed by atoms with E-state index in [0.29, 0.717) is 5.92 Å². The number of imidazole rings is 1. The number of H-pyrrole nitrogens is 1. The van der Waals surface area contributed by atoms with Gasteiger partial charge in [-0.25, -0.2) is 4.98 Å². The monoisotopic (exact) mass is 249 g/mol. The highest BCUT2D eigenvalue weighted by atomic mass is 16.5. The summed E-state index contributed by atoms with van der Waals surface area (Å²) < 4.78 is 5.46. The van der Waals surface area contributed by atoms with E-state index in [9.17, 15) is 0 Å². The van der Waals surface area contributed by atoms with Gasteiger partial charge in [-0.05, 0) is 39.2 Å². The number of likely N-dealkylation sites (tertiary alicyclic amines) is 1. The molecule has 0 saturated carbocycles. The fourth-order valence-electron chi connectivity index (χ4n) is 3.25. The van der Waals surface area contributed by atoms with E-state index >= 15 is 0 Å². The van der Waals surface area contributed by atoms with Crippen molar-refractivity contribution >= 4 is 0 Å². The molecule has 0 amide bonds. The van der Waals surface area contributed by atoms with E-state index < -0.39 is 0 Å². The van der Waals surface area contributed by atoms with Crippen LogP contribution in [-0.4, -0.2) is 47.2 Å². The molecule has 0 bridgehead atoms. The summed E-state index contributed by atoms with van der Waals surface area (Å²) in [5, 5.41) is 0. The van der Waals surface area contributed by atoms with E-state index in [1.54, 1.807) is 0 Å². The Bertz CT molecular complexity index is 384. The maximum atomic E-state index is 5.46. The molecule has 3 heterocycles. The Morgan fingerprint density at radius 2 is 2.17 bits per heavy atom. The Labute approximate surface area is 109 Å². The summed E-state index contributed by atoms with van der Waals surface area (Å²) >= 11 is 0. The van der Waals surface area contributed by atoms with Crippen LogP contribution in [0.15, 0.2) is 6.20 Å². The van der Waals surface area contributed by atoms with Crippen molar-refractivity contribution in [3.05, 3.63) is 17.7 Å². The minimum atomic E-state index is 0.593. The lowest BCUT2D eigenvalue weighted by molar-refractivity contribution is 0.0235. The van der Waals surface area contributed by atoms with E-state index in [0.717, 1.165) is 25.8 Å². The van der Waals surface area contributed by atoms with Gasteiger partial charge < -0.3 is 9.72 Å². The van der Waals surface area contributed by atoms with Gasteiger partial charge in [0, 0.05) is 43.6 Å². The zero-order valence-electron chi connectivity index (χ0n) is 11.2. The van der Waals surface area contributed by atoms with Gasteiger partial charge in [-0.2, -0.15) is 0 Å². The van der Waals surface area contributed by atoms with Gasteiger partial charge in [0.1, 0.15) is 5.82 Å². The number of aryl methyl sites for hydroxylation is 1. The fourth-order valence-corrected chi connectivity index (χ4v) is 3.25. The van der Waals surface area contributed by atoms with E-state index in [2.05, 4.69) is 21.8 Å². The maximum absolute atomic E-state index is 5.46. The first-order valence-electron chi connectivity index (χ1n) is 7.16. The number of hydrogen-bond donors (Lipinski definition) is 1. The molecule has 2 fully saturated rings. The molecule has 100 valence electrons. The molecular weight excluding hydrogens is 226 g/mol. The highest BCUT2D eigenvalue weighted by Crippen LogP contribution is 2.28. The molecule has 3 rings (SSSR count). The smallest absolute Gasteiger partial charge is 0.110 e. The first kappa shape index (κ1) is 12.2. The van der Waals surface area contributed by atoms with Crippen LogP contribution in [-0.2, 0) is 4.74 Å². The highest BCUT2D eigenvalue weighted by molar-refractivity contribution is 5.06. The summed E-state index contributed by atoms with van der Waals surface area (Å²) in [6.07, 6.45) is 6.91. The third-order valence-corrected chi connectivity index (χ3v) is 4.27. The van der Waals surface area contributed by atoms with Gasteiger partial charge in [0.05, 0.1) is 0 Å². The van der Waals surface area contributed by atoms with Crippen LogP contribution in [0.25, 0.3) is 0 Å². The highest BCUT2D eigenvalue weighted by Gasteiger charge is 2.28. The summed E-state index contributed by atoms with van der Waals surface area (Å²) in [5.74, 6) is 1.78. The number of rotatable bonds is 2. The van der Waals surface area contributed by atoms with Crippen molar-refractivity contribution in [1.29, 1.82) is 0 Å². The lowest BCUT2D eigenvalue weighted by atomic mass is 9.94. The Kier molecular flexibility index (Phi) is 3.66. The van der Waals surface area contributed by atoms with Crippen LogP contribution in [0.4, 0.5) is 0 Å². The number of nitrogens with one attached hydrogen (secondary N) is 1. The van der Waals surface area contributed by atoms with E-state index in [1.165, 1.54) is 43.7 Å². The summed E-state index contributed by atoms with van der Waals surface area (Å²) in [4.78, 5) is 10.6. The van der Waals surface area contributed by atoms with Crippen molar-refractivity contribution in [2.75, 3.05) is 26.3 Å². The Hall–Kier alpha value is -0.870. The Balaban J connectivity index is 1.64. The molecule has 0 aromatic carbocycles. The average Bonchev–Trinajstić information content (AvgIpc) is 2.87. The van der Waals surface area contributed by atoms with Crippen LogP contribution in [0, 0.1) is 6.92 Å². The molecule has 0 spiro atoms. The second-order valence-electron chi connectivity index (χ2n) is 5.63. The molecule has 2 aliphatic heterocycles. The second kappa shape index (κ2) is 5.41. The predicted octanol–water partition coefficient (Wildman–Crippen LogP) is 2.08. The number of nitrogens with zero attached hydrogens (tertiary/aromatic N) is 2. The van der Waals surface area contributed by atoms with Gasteiger partial charge in [0.15, 0.2) is 0 Å². The minimum Gasteiger partial charge on any atom is -0.381 e. The van der Waals surface area contributed by atoms with Gasteiger partial charge in [-0.1, -0.05) is 0 Å². The summed E-state index contributed by atoms with van der Waals surface area (Å²) in [7, 11) is 0. The van der Waals surface area contributed by atoms with Crippen LogP contribution in [0.5, 0.6) is 0 Å². The van der Waals surface area contributed by atoms with E-state index in [4.69, 9.17) is 4.74 Å². The third-order valence-electron chi connectivity index (χ3n) is 4.27. The van der Waals surface area contributed by atoms with Crippen molar-refractivity contribution in [2.24, 2.45) is 0 Å². The van der Waals surface area contributed by atoms with Gasteiger partial charge in [-0.15, -0.1) is 0 Å². The van der Waals surface area contributed by atoms with Crippen LogP contribution < -0.4 is 0 Å². The van der Waals surface area contributed by atoms with Crippen molar-refractivity contribution in [2.45, 2.75) is 44.6 Å². The third kappa shape index (κ3) is 2.59. The molecular formula is C14H23N3O. The molecule has 1 atom stereocenters. The summed E-state index contributed by atoms with van der Waals surface area (Å²) in [5.41, 5.74) is 1.17. The standard InChI is InChI=1S/C14H23N3O/c1-11-9-15-14(16-11)12-3-2-6-17(10-12)13-4-7-18-8-5-13/h9,12-13H,2-8,10H2,1H3,(H,15,16)/t12-/m0/s1. The molecule has 2 saturated heterocycles. The zero-order chi connectivity index (χ0) is 12.4. The summed E-state index contributed by atoms with van der Waals surface area (Å²) in [6, 6.07) is 0.734. The lowest BCUT2D eigenvalue weighted by Crippen LogP contribution is -2.44. The number of aromatic nitrogens is 2. The van der Waals surface area contributed by atoms with Crippen LogP contribution in [0.1, 0.15) is 43.1 Å². The first-order valence-corrected chi connectivity index (χ1v) is 7.16. The Morgan fingerprint density at radius 3 is 2.89 bits per heavy atom. The van der Waals surface area contributed by atoms with E-state index in [-0.39, 0.29) is 0 Å². The molecule has 1 aromatic heterocycles. The van der Waals surface area contributed by atoms with Gasteiger partial charge >= 0.3 is 0 Å². The number of hydrogen-bond acceptors (Lipinski definition) is 3. The molecule has 1 N–H and O–H groups in total. The zero-order valence-corrected chi connectivity index (χ0v) is 11.2. The largest absolute Gasteiger partial charge is 0.381 e. The maximum Gasteiger partial charge on any atom is 0.110 e. The summed E-state index contributed by atoms with van der Waals surface area (Å²) in [6.45, 7) is 6.37. The Morgan fingerprint density at radius 1 is 1.33 bits per heavy atom. The topological polar surface area (TPSA) is 41.2 Å². The molecule has 4 heteroatoms. The second-order valence-corrected chi connectivity index (χ2v) is 5.63. The van der Waals surface area contributed by atoms with Crippen molar-refractivity contribution in [3.8, 4) is 0 Å². The van der Waals surface area contributed by atoms with Crippen LogP contribution in [0.2, 0.25) is 0 Å².